The summed E-state index contributed by atoms with van der Waals surface area (Å²) in [5, 5.41) is 12.2. The standard InChI is InChI=1S/C23H19N3O4/c1-2-15-10-6-11-17-18(14-25-20(15)17)21(27)22(16-8-4-3-5-9-16)30-19-12-7-13-24-23(19)26(28)29/h3-14,22,25H,2H2,1H3. The number of hydrogen-bond acceptors (Lipinski definition) is 5. The van der Waals surface area contributed by atoms with Crippen molar-refractivity contribution in [2.24, 2.45) is 0 Å². The van der Waals surface area contributed by atoms with Crippen LogP contribution < -0.4 is 4.74 Å². The summed E-state index contributed by atoms with van der Waals surface area (Å²) in [4.78, 5) is 31.3. The zero-order valence-electron chi connectivity index (χ0n) is 16.2. The molecule has 0 aliphatic rings. The molecular weight excluding hydrogens is 382 g/mol. The molecule has 0 bridgehead atoms. The molecule has 0 fully saturated rings. The molecule has 2 heterocycles. The molecular formula is C23H19N3O4. The molecule has 150 valence electrons. The second kappa shape index (κ2) is 8.16. The van der Waals surface area contributed by atoms with Crippen LogP contribution in [0.15, 0.2) is 73.1 Å². The summed E-state index contributed by atoms with van der Waals surface area (Å²) >= 11 is 0. The number of rotatable bonds is 7. The number of ether oxygens (including phenoxy) is 1. The molecule has 0 saturated heterocycles. The first-order valence-electron chi connectivity index (χ1n) is 9.54. The lowest BCUT2D eigenvalue weighted by Gasteiger charge is -2.18. The number of aryl methyl sites for hydroxylation is 1. The number of nitrogens with one attached hydrogen (secondary N) is 1. The molecule has 0 aliphatic heterocycles. The van der Waals surface area contributed by atoms with Crippen LogP contribution in [0.1, 0.15) is 34.5 Å². The topological polar surface area (TPSA) is 98.1 Å². The molecule has 0 aliphatic carbocycles. The van der Waals surface area contributed by atoms with Crippen LogP contribution in [0.25, 0.3) is 10.9 Å². The fourth-order valence-electron chi connectivity index (χ4n) is 3.50. The van der Waals surface area contributed by atoms with Gasteiger partial charge in [0.2, 0.25) is 11.5 Å². The summed E-state index contributed by atoms with van der Waals surface area (Å²) in [5.74, 6) is -0.781. The van der Waals surface area contributed by atoms with Gasteiger partial charge in [-0.25, -0.2) is 0 Å². The lowest BCUT2D eigenvalue weighted by Crippen LogP contribution is -2.19. The van der Waals surface area contributed by atoms with E-state index in [-0.39, 0.29) is 11.5 Å². The summed E-state index contributed by atoms with van der Waals surface area (Å²) < 4.78 is 5.92. The Morgan fingerprint density at radius 1 is 1.13 bits per heavy atom. The number of nitrogens with zero attached hydrogens (tertiary/aromatic N) is 2. The highest BCUT2D eigenvalue weighted by Crippen LogP contribution is 2.33. The van der Waals surface area contributed by atoms with Gasteiger partial charge in [-0.3, -0.25) is 4.79 Å². The zero-order chi connectivity index (χ0) is 21.1. The van der Waals surface area contributed by atoms with Gasteiger partial charge in [0.05, 0.1) is 0 Å². The minimum atomic E-state index is -1.06. The van der Waals surface area contributed by atoms with Crippen LogP contribution in [0, 0.1) is 10.1 Å². The van der Waals surface area contributed by atoms with E-state index < -0.39 is 16.8 Å². The highest BCUT2D eigenvalue weighted by atomic mass is 16.6. The van der Waals surface area contributed by atoms with Crippen molar-refractivity contribution in [3.8, 4) is 5.75 Å². The Labute approximate surface area is 172 Å². The van der Waals surface area contributed by atoms with Crippen LogP contribution in [0.4, 0.5) is 5.82 Å². The normalized spacial score (nSPS) is 11.9. The fraction of sp³-hybridized carbons (Fsp3) is 0.130. The number of Topliss-reactive ketones (excluding diaryl/α,β-unsaturated/α-hetero) is 1. The minimum Gasteiger partial charge on any atom is -0.469 e. The third kappa shape index (κ3) is 3.53. The molecule has 0 saturated carbocycles. The molecule has 1 unspecified atom stereocenters. The van der Waals surface area contributed by atoms with E-state index in [0.717, 1.165) is 22.9 Å². The number of aromatic amines is 1. The molecule has 4 aromatic rings. The first-order valence-corrected chi connectivity index (χ1v) is 9.54. The molecule has 1 N–H and O–H groups in total. The van der Waals surface area contributed by atoms with Crippen molar-refractivity contribution in [1.29, 1.82) is 0 Å². The van der Waals surface area contributed by atoms with Crippen molar-refractivity contribution in [3.63, 3.8) is 0 Å². The maximum Gasteiger partial charge on any atom is 0.406 e. The van der Waals surface area contributed by atoms with E-state index in [2.05, 4.69) is 16.9 Å². The molecule has 1 atom stereocenters. The predicted octanol–water partition coefficient (Wildman–Crippen LogP) is 5.04. The Bertz CT molecular complexity index is 1220. The number of benzene rings is 2. The molecule has 4 rings (SSSR count). The van der Waals surface area contributed by atoms with Gasteiger partial charge in [0.25, 0.3) is 0 Å². The Morgan fingerprint density at radius 2 is 1.93 bits per heavy atom. The monoisotopic (exact) mass is 401 g/mol. The number of H-pyrrole nitrogens is 1. The smallest absolute Gasteiger partial charge is 0.406 e. The van der Waals surface area contributed by atoms with Crippen LogP contribution in [0.3, 0.4) is 0 Å². The molecule has 30 heavy (non-hydrogen) atoms. The van der Waals surface area contributed by atoms with E-state index in [1.54, 1.807) is 30.5 Å². The maximum atomic E-state index is 13.6. The minimum absolute atomic E-state index is 0.0567. The van der Waals surface area contributed by atoms with Gasteiger partial charge in [0.1, 0.15) is 6.20 Å². The third-order valence-electron chi connectivity index (χ3n) is 4.96. The second-order valence-corrected chi connectivity index (χ2v) is 6.75. The van der Waals surface area contributed by atoms with E-state index in [1.165, 1.54) is 18.3 Å². The molecule has 2 aromatic carbocycles. The molecule has 0 radical (unpaired) electrons. The van der Waals surface area contributed by atoms with Gasteiger partial charge >= 0.3 is 5.82 Å². The third-order valence-corrected chi connectivity index (χ3v) is 4.96. The molecule has 0 spiro atoms. The summed E-state index contributed by atoms with van der Waals surface area (Å²) in [6, 6.07) is 17.7. The van der Waals surface area contributed by atoms with Gasteiger partial charge in [0.15, 0.2) is 6.10 Å². The van der Waals surface area contributed by atoms with Gasteiger partial charge in [-0.05, 0) is 34.0 Å². The Kier molecular flexibility index (Phi) is 5.26. The average molecular weight is 401 g/mol. The summed E-state index contributed by atoms with van der Waals surface area (Å²) in [7, 11) is 0. The quantitative estimate of drug-likeness (QED) is 0.266. The van der Waals surface area contributed by atoms with Crippen molar-refractivity contribution >= 4 is 22.5 Å². The number of fused-ring (bicyclic) bond motifs is 1. The highest BCUT2D eigenvalue weighted by molar-refractivity contribution is 6.10. The van der Waals surface area contributed by atoms with Crippen molar-refractivity contribution in [2.45, 2.75) is 19.4 Å². The van der Waals surface area contributed by atoms with E-state index in [4.69, 9.17) is 4.74 Å². The number of ketones is 1. The first kappa shape index (κ1) is 19.3. The Hall–Kier alpha value is -4.00. The number of carbonyl (C=O) groups excluding carboxylic acids is 1. The molecule has 7 nitrogen and oxygen atoms in total. The Balaban J connectivity index is 1.80. The highest BCUT2D eigenvalue weighted by Gasteiger charge is 2.29. The molecule has 7 heteroatoms. The van der Waals surface area contributed by atoms with Crippen molar-refractivity contribution in [3.05, 3.63) is 99.9 Å². The van der Waals surface area contributed by atoms with Crippen molar-refractivity contribution in [1.82, 2.24) is 9.97 Å². The van der Waals surface area contributed by atoms with Gasteiger partial charge in [-0.1, -0.05) is 55.5 Å². The van der Waals surface area contributed by atoms with Crippen LogP contribution in [-0.4, -0.2) is 20.7 Å². The SMILES string of the molecule is CCc1cccc2c(C(=O)C(Oc3cccnc3[N+](=O)[O-])c3ccccc3)c[nH]c12. The van der Waals surface area contributed by atoms with Crippen LogP contribution in [0.5, 0.6) is 5.75 Å². The predicted molar refractivity (Wildman–Crippen MR) is 113 cm³/mol. The van der Waals surface area contributed by atoms with Gasteiger partial charge < -0.3 is 19.8 Å². The fourth-order valence-corrected chi connectivity index (χ4v) is 3.50. The number of hydrogen-bond donors (Lipinski definition) is 1. The Morgan fingerprint density at radius 3 is 2.67 bits per heavy atom. The van der Waals surface area contributed by atoms with Crippen LogP contribution in [-0.2, 0) is 6.42 Å². The molecule has 0 amide bonds. The summed E-state index contributed by atoms with van der Waals surface area (Å²) in [5.41, 5.74) is 3.08. The summed E-state index contributed by atoms with van der Waals surface area (Å²) in [6.07, 6.45) is 2.75. The van der Waals surface area contributed by atoms with Gasteiger partial charge in [-0.15, -0.1) is 0 Å². The van der Waals surface area contributed by atoms with Gasteiger partial charge in [-0.2, -0.15) is 0 Å². The largest absolute Gasteiger partial charge is 0.469 e. The van der Waals surface area contributed by atoms with E-state index >= 15 is 0 Å². The maximum absolute atomic E-state index is 13.6. The van der Waals surface area contributed by atoms with E-state index in [9.17, 15) is 14.9 Å². The molecule has 2 aromatic heterocycles. The number of nitro groups is 1. The first-order chi connectivity index (χ1) is 14.6. The lowest BCUT2D eigenvalue weighted by molar-refractivity contribution is -0.390. The van der Waals surface area contributed by atoms with Crippen LogP contribution in [0.2, 0.25) is 0 Å². The van der Waals surface area contributed by atoms with E-state index in [0.29, 0.717) is 11.1 Å². The van der Waals surface area contributed by atoms with Crippen LogP contribution >= 0.6 is 0 Å². The van der Waals surface area contributed by atoms with E-state index in [1.807, 2.05) is 24.3 Å². The number of carbonyl (C=O) groups is 1. The zero-order valence-corrected chi connectivity index (χ0v) is 16.2. The van der Waals surface area contributed by atoms with Gasteiger partial charge in [0, 0.05) is 28.2 Å². The number of aromatic nitrogens is 2. The summed E-state index contributed by atoms with van der Waals surface area (Å²) in [6.45, 7) is 2.05. The van der Waals surface area contributed by atoms with Crippen molar-refractivity contribution < 1.29 is 14.5 Å². The van der Waals surface area contributed by atoms with Crippen molar-refractivity contribution in [2.75, 3.05) is 0 Å². The average Bonchev–Trinajstić information content (AvgIpc) is 3.22. The number of pyridine rings is 1. The number of para-hydroxylation sites is 1. The lowest BCUT2D eigenvalue weighted by atomic mass is 9.98. The second-order valence-electron chi connectivity index (χ2n) is 6.75.